The molecule has 0 saturated carbocycles. The van der Waals surface area contributed by atoms with E-state index in [0.717, 1.165) is 32.2 Å². The third kappa shape index (κ3) is 6.33. The van der Waals surface area contributed by atoms with Gasteiger partial charge in [-0.1, -0.05) is 19.8 Å². The zero-order chi connectivity index (χ0) is 12.7. The molecule has 1 rings (SSSR count). The summed E-state index contributed by atoms with van der Waals surface area (Å²) in [6.45, 7) is 6.61. The smallest absolute Gasteiger partial charge is 0.279 e. The Hall–Kier alpha value is 0.120. The second kappa shape index (κ2) is 9.09. The Bertz CT molecular complexity index is 303. The van der Waals surface area contributed by atoms with Gasteiger partial charge < -0.3 is 5.32 Å². The fourth-order valence-corrected chi connectivity index (χ4v) is 3.41. The van der Waals surface area contributed by atoms with E-state index in [1.807, 2.05) is 13.8 Å². The molecule has 0 unspecified atom stereocenters. The van der Waals surface area contributed by atoms with Crippen molar-refractivity contribution in [1.82, 2.24) is 14.3 Å². The Morgan fingerprint density at radius 1 is 1.17 bits per heavy atom. The molecule has 0 radical (unpaired) electrons. The van der Waals surface area contributed by atoms with E-state index in [9.17, 15) is 8.42 Å². The molecule has 2 N–H and O–H groups in total. The number of halogens is 1. The topological polar surface area (TPSA) is 61.4 Å². The van der Waals surface area contributed by atoms with Gasteiger partial charge in [-0.25, -0.2) is 4.72 Å². The van der Waals surface area contributed by atoms with Crippen molar-refractivity contribution >= 4 is 22.6 Å². The molecule has 1 heterocycles. The third-order valence-electron chi connectivity index (χ3n) is 3.03. The Morgan fingerprint density at radius 3 is 2.22 bits per heavy atom. The molecule has 1 aliphatic heterocycles. The highest BCUT2D eigenvalue weighted by Gasteiger charge is 2.22. The Kier molecular flexibility index (Phi) is 9.15. The molecule has 7 heteroatoms. The van der Waals surface area contributed by atoms with E-state index in [-0.39, 0.29) is 18.4 Å². The van der Waals surface area contributed by atoms with Crippen molar-refractivity contribution in [1.29, 1.82) is 0 Å². The molecule has 0 aromatic heterocycles. The molecule has 0 bridgehead atoms. The van der Waals surface area contributed by atoms with E-state index >= 15 is 0 Å². The Balaban J connectivity index is 0.00000289. The van der Waals surface area contributed by atoms with Crippen molar-refractivity contribution in [3.63, 3.8) is 0 Å². The lowest BCUT2D eigenvalue weighted by molar-refractivity contribution is 0.411. The largest absolute Gasteiger partial charge is 0.313 e. The SMILES string of the molecule is CCN[C@H](C)CNS(=O)(=O)N1CCCCCC1.Cl. The first kappa shape index (κ1) is 18.1. The summed E-state index contributed by atoms with van der Waals surface area (Å²) >= 11 is 0. The van der Waals surface area contributed by atoms with E-state index in [1.54, 1.807) is 4.31 Å². The van der Waals surface area contributed by atoms with Gasteiger partial charge in [0.25, 0.3) is 10.2 Å². The maximum absolute atomic E-state index is 12.0. The molecule has 18 heavy (non-hydrogen) atoms. The molecule has 0 spiro atoms. The number of rotatable bonds is 6. The van der Waals surface area contributed by atoms with Crippen molar-refractivity contribution < 1.29 is 8.42 Å². The first-order valence-corrected chi connectivity index (χ1v) is 7.98. The summed E-state index contributed by atoms with van der Waals surface area (Å²) in [5, 5.41) is 3.19. The maximum Gasteiger partial charge on any atom is 0.279 e. The summed E-state index contributed by atoms with van der Waals surface area (Å²) in [5.74, 6) is 0. The maximum atomic E-state index is 12.0. The average molecular weight is 300 g/mol. The predicted molar refractivity (Wildman–Crippen MR) is 77.4 cm³/mol. The van der Waals surface area contributed by atoms with Gasteiger partial charge in [0.05, 0.1) is 0 Å². The Morgan fingerprint density at radius 2 is 1.72 bits per heavy atom. The zero-order valence-corrected chi connectivity index (χ0v) is 12.9. The first-order chi connectivity index (χ1) is 8.06. The number of nitrogens with one attached hydrogen (secondary N) is 2. The lowest BCUT2D eigenvalue weighted by Crippen LogP contribution is -2.46. The molecule has 0 amide bonds. The van der Waals surface area contributed by atoms with Crippen LogP contribution in [0.5, 0.6) is 0 Å². The van der Waals surface area contributed by atoms with Crippen LogP contribution in [-0.4, -0.2) is 44.9 Å². The average Bonchev–Trinajstić information content (AvgIpc) is 2.56. The van der Waals surface area contributed by atoms with Crippen LogP contribution in [0.15, 0.2) is 0 Å². The van der Waals surface area contributed by atoms with Gasteiger partial charge in [0, 0.05) is 25.7 Å². The highest BCUT2D eigenvalue weighted by atomic mass is 35.5. The van der Waals surface area contributed by atoms with Crippen molar-refractivity contribution in [2.45, 2.75) is 45.6 Å². The lowest BCUT2D eigenvalue weighted by atomic mass is 10.2. The second-order valence-electron chi connectivity index (χ2n) is 4.63. The van der Waals surface area contributed by atoms with Crippen LogP contribution >= 0.6 is 12.4 Å². The number of nitrogens with zero attached hydrogens (tertiary/aromatic N) is 1. The van der Waals surface area contributed by atoms with E-state index in [1.165, 1.54) is 0 Å². The van der Waals surface area contributed by atoms with E-state index < -0.39 is 10.2 Å². The van der Waals surface area contributed by atoms with Crippen LogP contribution in [0.2, 0.25) is 0 Å². The summed E-state index contributed by atoms with van der Waals surface area (Å²) in [4.78, 5) is 0. The quantitative estimate of drug-likeness (QED) is 0.772. The monoisotopic (exact) mass is 299 g/mol. The fraction of sp³-hybridized carbons (Fsp3) is 1.00. The first-order valence-electron chi connectivity index (χ1n) is 6.54. The molecule has 0 aliphatic carbocycles. The molecule has 0 aromatic carbocycles. The summed E-state index contributed by atoms with van der Waals surface area (Å²) in [5.41, 5.74) is 0. The van der Waals surface area contributed by atoms with Crippen LogP contribution in [0.1, 0.15) is 39.5 Å². The minimum atomic E-state index is -3.28. The predicted octanol–water partition coefficient (Wildman–Crippen LogP) is 1.12. The molecule has 1 aliphatic rings. The minimum Gasteiger partial charge on any atom is -0.313 e. The normalized spacial score (nSPS) is 19.9. The van der Waals surface area contributed by atoms with Crippen LogP contribution in [0.25, 0.3) is 0 Å². The van der Waals surface area contributed by atoms with E-state index in [2.05, 4.69) is 10.0 Å². The van der Waals surface area contributed by atoms with Gasteiger partial charge in [-0.3, -0.25) is 0 Å². The van der Waals surface area contributed by atoms with Crippen LogP contribution in [0, 0.1) is 0 Å². The van der Waals surface area contributed by atoms with Crippen molar-refractivity contribution in [2.75, 3.05) is 26.2 Å². The van der Waals surface area contributed by atoms with Crippen LogP contribution in [0.3, 0.4) is 0 Å². The summed E-state index contributed by atoms with van der Waals surface area (Å²) in [7, 11) is -3.28. The number of hydrogen-bond donors (Lipinski definition) is 2. The molecular formula is C11H26ClN3O2S. The van der Waals surface area contributed by atoms with Gasteiger partial charge in [0.2, 0.25) is 0 Å². The van der Waals surface area contributed by atoms with Gasteiger partial charge in [0.15, 0.2) is 0 Å². The minimum absolute atomic E-state index is 0. The zero-order valence-electron chi connectivity index (χ0n) is 11.3. The summed E-state index contributed by atoms with van der Waals surface area (Å²) < 4.78 is 28.3. The highest BCUT2D eigenvalue weighted by molar-refractivity contribution is 7.87. The summed E-state index contributed by atoms with van der Waals surface area (Å²) in [6.07, 6.45) is 4.23. The molecule has 1 fully saturated rings. The van der Waals surface area contributed by atoms with Crippen LogP contribution in [-0.2, 0) is 10.2 Å². The highest BCUT2D eigenvalue weighted by Crippen LogP contribution is 2.12. The van der Waals surface area contributed by atoms with Gasteiger partial charge in [-0.15, -0.1) is 12.4 Å². The van der Waals surface area contributed by atoms with Crippen LogP contribution < -0.4 is 10.0 Å². The molecular weight excluding hydrogens is 274 g/mol. The third-order valence-corrected chi connectivity index (χ3v) is 4.61. The summed E-state index contributed by atoms with van der Waals surface area (Å²) in [6, 6.07) is 0.168. The van der Waals surface area contributed by atoms with Gasteiger partial charge in [-0.05, 0) is 26.3 Å². The van der Waals surface area contributed by atoms with Crippen molar-refractivity contribution in [3.05, 3.63) is 0 Å². The van der Waals surface area contributed by atoms with Gasteiger partial charge in [0.1, 0.15) is 0 Å². The number of hydrogen-bond acceptors (Lipinski definition) is 3. The fourth-order valence-electron chi connectivity index (χ4n) is 2.02. The van der Waals surface area contributed by atoms with E-state index in [4.69, 9.17) is 0 Å². The molecule has 110 valence electrons. The molecule has 1 atom stereocenters. The van der Waals surface area contributed by atoms with Crippen molar-refractivity contribution in [3.8, 4) is 0 Å². The number of likely N-dealkylation sites (N-methyl/N-ethyl adjacent to an activating group) is 1. The second-order valence-corrected chi connectivity index (χ2v) is 6.38. The lowest BCUT2D eigenvalue weighted by Gasteiger charge is -2.21. The standard InChI is InChI=1S/C11H25N3O2S.ClH/c1-3-12-11(2)10-13-17(15,16)14-8-6-4-5-7-9-14;/h11-13H,3-10H2,1-2H3;1H/t11-;/m1./s1. The van der Waals surface area contributed by atoms with Gasteiger partial charge in [-0.2, -0.15) is 12.7 Å². The Labute approximate surface area is 117 Å². The molecule has 0 aromatic rings. The molecule has 1 saturated heterocycles. The molecule has 5 nitrogen and oxygen atoms in total. The van der Waals surface area contributed by atoms with E-state index in [0.29, 0.717) is 19.6 Å². The van der Waals surface area contributed by atoms with Gasteiger partial charge >= 0.3 is 0 Å². The van der Waals surface area contributed by atoms with Crippen LogP contribution in [0.4, 0.5) is 0 Å². The van der Waals surface area contributed by atoms with Crippen molar-refractivity contribution in [2.24, 2.45) is 0 Å².